The van der Waals surface area contributed by atoms with E-state index in [1.165, 1.54) is 10.8 Å². The minimum absolute atomic E-state index is 0.211. The second-order valence-corrected chi connectivity index (χ2v) is 8.20. The van der Waals surface area contributed by atoms with Crippen molar-refractivity contribution in [3.05, 3.63) is 54.0 Å². The van der Waals surface area contributed by atoms with Crippen molar-refractivity contribution >= 4 is 17.8 Å². The maximum absolute atomic E-state index is 12.7. The van der Waals surface area contributed by atoms with E-state index in [0.29, 0.717) is 42.2 Å². The van der Waals surface area contributed by atoms with Crippen LogP contribution >= 0.6 is 0 Å². The molecule has 1 amide bonds. The lowest BCUT2D eigenvalue weighted by Crippen LogP contribution is -2.16. The van der Waals surface area contributed by atoms with Crippen LogP contribution in [-0.2, 0) is 10.2 Å². The van der Waals surface area contributed by atoms with E-state index in [0.717, 1.165) is 11.3 Å². The lowest BCUT2D eigenvalue weighted by atomic mass is 9.92. The van der Waals surface area contributed by atoms with Crippen LogP contribution in [0, 0.1) is 0 Å². The summed E-state index contributed by atoms with van der Waals surface area (Å²) in [6.45, 7) is 7.08. The molecule has 0 spiro atoms. The molecular formula is C23H25N5O4. The van der Waals surface area contributed by atoms with Gasteiger partial charge in [-0.2, -0.15) is 9.78 Å². The van der Waals surface area contributed by atoms with Gasteiger partial charge in [0.25, 0.3) is 5.95 Å². The number of amides is 1. The van der Waals surface area contributed by atoms with Crippen molar-refractivity contribution in [1.82, 2.24) is 19.7 Å². The number of fused-ring (bicyclic) bond motifs is 1. The summed E-state index contributed by atoms with van der Waals surface area (Å²) < 4.78 is 18.2. The number of hydrogen-bond donors (Lipinski definition) is 1. The molecule has 0 aliphatic carbocycles. The monoisotopic (exact) mass is 435 g/mol. The van der Waals surface area contributed by atoms with Gasteiger partial charge < -0.3 is 19.5 Å². The molecule has 3 heterocycles. The molecule has 4 rings (SSSR count). The zero-order chi connectivity index (χ0) is 22.7. The van der Waals surface area contributed by atoms with E-state index in [2.05, 4.69) is 20.4 Å². The minimum Gasteiger partial charge on any atom is -0.493 e. The molecule has 9 heteroatoms. The zero-order valence-corrected chi connectivity index (χ0v) is 18.5. The van der Waals surface area contributed by atoms with Gasteiger partial charge >= 0.3 is 0 Å². The molecular weight excluding hydrogens is 410 g/mol. The Morgan fingerprint density at radius 3 is 2.62 bits per heavy atom. The standard InChI is InChI=1S/C23H25N5O4/c1-23(2,3)18-14-19(28(27-18)22-24-8-5-9-25-22)26-20(29)7-6-15-12-16(30-4)21-17(13-15)31-10-11-32-21/h5-9,12-14H,10-11H2,1-4H3,(H,26,29)/b7-6+. The Kier molecular flexibility index (Phi) is 5.81. The first-order valence-electron chi connectivity index (χ1n) is 10.2. The van der Waals surface area contributed by atoms with Crippen molar-refractivity contribution in [3.8, 4) is 23.2 Å². The summed E-state index contributed by atoms with van der Waals surface area (Å²) in [5.41, 5.74) is 1.34. The highest BCUT2D eigenvalue weighted by molar-refractivity contribution is 6.01. The van der Waals surface area contributed by atoms with Gasteiger partial charge in [0.1, 0.15) is 19.0 Å². The summed E-state index contributed by atoms with van der Waals surface area (Å²) in [4.78, 5) is 21.2. The molecule has 0 atom stereocenters. The van der Waals surface area contributed by atoms with E-state index in [-0.39, 0.29) is 11.3 Å². The normalized spacial score (nSPS) is 13.2. The van der Waals surface area contributed by atoms with Crippen LogP contribution in [0.15, 0.2) is 42.7 Å². The number of aromatic nitrogens is 4. The van der Waals surface area contributed by atoms with Crippen LogP contribution in [0.25, 0.3) is 12.0 Å². The van der Waals surface area contributed by atoms with Crippen LogP contribution in [0.2, 0.25) is 0 Å². The van der Waals surface area contributed by atoms with Crippen molar-refractivity contribution in [2.24, 2.45) is 0 Å². The first-order chi connectivity index (χ1) is 15.3. The van der Waals surface area contributed by atoms with Crippen LogP contribution in [-0.4, -0.2) is 46.0 Å². The van der Waals surface area contributed by atoms with E-state index < -0.39 is 0 Å². The van der Waals surface area contributed by atoms with Crippen LogP contribution in [0.5, 0.6) is 17.2 Å². The Labute approximate surface area is 186 Å². The zero-order valence-electron chi connectivity index (χ0n) is 18.5. The van der Waals surface area contributed by atoms with Crippen LogP contribution in [0.3, 0.4) is 0 Å². The van der Waals surface area contributed by atoms with E-state index in [1.807, 2.05) is 26.8 Å². The van der Waals surface area contributed by atoms with Crippen molar-refractivity contribution in [2.75, 3.05) is 25.6 Å². The molecule has 0 radical (unpaired) electrons. The molecule has 0 saturated heterocycles. The molecule has 1 aromatic carbocycles. The van der Waals surface area contributed by atoms with E-state index in [9.17, 15) is 4.79 Å². The van der Waals surface area contributed by atoms with Crippen LogP contribution < -0.4 is 19.5 Å². The van der Waals surface area contributed by atoms with Crippen LogP contribution in [0.4, 0.5) is 5.82 Å². The first-order valence-corrected chi connectivity index (χ1v) is 10.2. The smallest absolute Gasteiger partial charge is 0.252 e. The Hall–Kier alpha value is -3.88. The molecule has 32 heavy (non-hydrogen) atoms. The van der Waals surface area contributed by atoms with Crippen LogP contribution in [0.1, 0.15) is 32.0 Å². The third kappa shape index (κ3) is 4.56. The molecule has 1 aliphatic heterocycles. The number of methoxy groups -OCH3 is 1. The fourth-order valence-electron chi connectivity index (χ4n) is 3.12. The Morgan fingerprint density at radius 1 is 1.16 bits per heavy atom. The van der Waals surface area contributed by atoms with E-state index in [1.54, 1.807) is 43.8 Å². The van der Waals surface area contributed by atoms with Gasteiger partial charge in [0.05, 0.1) is 12.8 Å². The van der Waals surface area contributed by atoms with E-state index in [4.69, 9.17) is 14.2 Å². The third-order valence-corrected chi connectivity index (χ3v) is 4.75. The predicted molar refractivity (Wildman–Crippen MR) is 120 cm³/mol. The van der Waals surface area contributed by atoms with Gasteiger partial charge in [-0.3, -0.25) is 4.79 Å². The Bertz CT molecular complexity index is 1130. The first kappa shape index (κ1) is 21.4. The quantitative estimate of drug-likeness (QED) is 0.613. The molecule has 3 aromatic rings. The molecule has 166 valence electrons. The lowest BCUT2D eigenvalue weighted by molar-refractivity contribution is -0.111. The summed E-state index contributed by atoms with van der Waals surface area (Å²) >= 11 is 0. The average Bonchev–Trinajstić information content (AvgIpc) is 3.22. The largest absolute Gasteiger partial charge is 0.493 e. The number of rotatable bonds is 5. The fraction of sp³-hybridized carbons (Fsp3) is 0.304. The van der Waals surface area contributed by atoms with Crippen molar-refractivity contribution in [1.29, 1.82) is 0 Å². The number of ether oxygens (including phenoxy) is 3. The van der Waals surface area contributed by atoms with Crippen molar-refractivity contribution in [2.45, 2.75) is 26.2 Å². The van der Waals surface area contributed by atoms with Gasteiger partial charge in [0.2, 0.25) is 11.7 Å². The molecule has 0 unspecified atom stereocenters. The maximum Gasteiger partial charge on any atom is 0.252 e. The third-order valence-electron chi connectivity index (χ3n) is 4.75. The highest BCUT2D eigenvalue weighted by Crippen LogP contribution is 2.40. The maximum atomic E-state index is 12.7. The summed E-state index contributed by atoms with van der Waals surface area (Å²) in [6, 6.07) is 7.15. The summed E-state index contributed by atoms with van der Waals surface area (Å²) in [5, 5.41) is 7.47. The Balaban J connectivity index is 1.58. The number of hydrogen-bond acceptors (Lipinski definition) is 7. The average molecular weight is 435 g/mol. The number of benzene rings is 1. The number of anilines is 1. The summed E-state index contributed by atoms with van der Waals surface area (Å²) in [6.07, 6.45) is 6.37. The predicted octanol–water partition coefficient (Wildman–Crippen LogP) is 3.39. The molecule has 9 nitrogen and oxygen atoms in total. The highest BCUT2D eigenvalue weighted by atomic mass is 16.6. The molecule has 1 aliphatic rings. The van der Waals surface area contributed by atoms with Gasteiger partial charge in [0.15, 0.2) is 11.5 Å². The number of nitrogens with one attached hydrogen (secondary N) is 1. The van der Waals surface area contributed by atoms with Gasteiger partial charge in [-0.1, -0.05) is 20.8 Å². The SMILES string of the molecule is COc1cc(/C=C/C(=O)Nc2cc(C(C)(C)C)nn2-c2ncccn2)cc2c1OCCO2. The van der Waals surface area contributed by atoms with Gasteiger partial charge in [-0.25, -0.2) is 9.97 Å². The molecule has 0 bridgehead atoms. The van der Waals surface area contributed by atoms with Crippen molar-refractivity contribution < 1.29 is 19.0 Å². The lowest BCUT2D eigenvalue weighted by Gasteiger charge is -2.20. The number of carbonyl (C=O) groups excluding carboxylic acids is 1. The molecule has 0 saturated carbocycles. The molecule has 2 aromatic heterocycles. The number of nitrogens with zero attached hydrogens (tertiary/aromatic N) is 4. The minimum atomic E-state index is -0.323. The van der Waals surface area contributed by atoms with E-state index >= 15 is 0 Å². The highest BCUT2D eigenvalue weighted by Gasteiger charge is 2.22. The summed E-state index contributed by atoms with van der Waals surface area (Å²) in [5.74, 6) is 2.24. The molecule has 0 fully saturated rings. The Morgan fingerprint density at radius 2 is 1.91 bits per heavy atom. The second-order valence-electron chi connectivity index (χ2n) is 8.20. The number of carbonyl (C=O) groups is 1. The second kappa shape index (κ2) is 8.70. The van der Waals surface area contributed by atoms with Gasteiger partial charge in [-0.05, 0) is 29.8 Å². The summed E-state index contributed by atoms with van der Waals surface area (Å²) in [7, 11) is 1.56. The van der Waals surface area contributed by atoms with Crippen molar-refractivity contribution in [3.63, 3.8) is 0 Å². The fourth-order valence-corrected chi connectivity index (χ4v) is 3.12. The van der Waals surface area contributed by atoms with Gasteiger partial charge in [-0.15, -0.1) is 0 Å². The molecule has 1 N–H and O–H groups in total. The van der Waals surface area contributed by atoms with Gasteiger partial charge in [0, 0.05) is 30.0 Å². The topological polar surface area (TPSA) is 100 Å².